The average Bonchev–Trinajstić information content (AvgIpc) is 3.40. The molecule has 2 aliphatic carbocycles. The highest BCUT2D eigenvalue weighted by molar-refractivity contribution is 7.89. The zero-order chi connectivity index (χ0) is 16.9. The standard InChI is InChI=1S/C16H23N3O3S/c1-15(7-8-15)11-18-19(16(2)9-10-16)23(21,22)13-6-4-3-5-12(13)14(17)20/h3-6,18H,7-11H2,1-2H3,(H2,17,20). The summed E-state index contributed by atoms with van der Waals surface area (Å²) in [5.74, 6) is -0.737. The van der Waals surface area contributed by atoms with Crippen LogP contribution in [0.1, 0.15) is 49.9 Å². The lowest BCUT2D eigenvalue weighted by molar-refractivity contribution is 0.0996. The third-order valence-electron chi connectivity index (χ3n) is 4.89. The molecule has 0 spiro atoms. The quantitative estimate of drug-likeness (QED) is 0.740. The van der Waals surface area contributed by atoms with Crippen LogP contribution in [-0.4, -0.2) is 30.8 Å². The minimum Gasteiger partial charge on any atom is -0.366 e. The van der Waals surface area contributed by atoms with Gasteiger partial charge in [-0.1, -0.05) is 19.1 Å². The van der Waals surface area contributed by atoms with Crippen LogP contribution in [0.3, 0.4) is 0 Å². The highest BCUT2D eigenvalue weighted by Crippen LogP contribution is 2.46. The summed E-state index contributed by atoms with van der Waals surface area (Å²) in [4.78, 5) is 11.6. The van der Waals surface area contributed by atoms with Crippen LogP contribution in [0.2, 0.25) is 0 Å². The van der Waals surface area contributed by atoms with E-state index in [0.29, 0.717) is 6.54 Å². The maximum absolute atomic E-state index is 13.1. The molecule has 1 amide bonds. The Morgan fingerprint density at radius 1 is 1.22 bits per heavy atom. The molecule has 3 N–H and O–H groups in total. The number of hydrazine groups is 1. The van der Waals surface area contributed by atoms with Crippen molar-refractivity contribution in [2.45, 2.75) is 50.0 Å². The lowest BCUT2D eigenvalue weighted by Crippen LogP contribution is -2.51. The fourth-order valence-corrected chi connectivity index (χ4v) is 4.49. The van der Waals surface area contributed by atoms with Gasteiger partial charge in [-0.25, -0.2) is 13.8 Å². The molecule has 3 rings (SSSR count). The number of sulfonamides is 1. The first kappa shape index (κ1) is 16.4. The molecule has 0 atom stereocenters. The SMILES string of the molecule is CC1(CNN(C2(C)CC2)S(=O)(=O)c2ccccc2C(N)=O)CC1. The van der Waals surface area contributed by atoms with E-state index in [4.69, 9.17) is 5.73 Å². The van der Waals surface area contributed by atoms with Crippen LogP contribution < -0.4 is 11.2 Å². The van der Waals surface area contributed by atoms with E-state index in [1.807, 2.05) is 6.92 Å². The van der Waals surface area contributed by atoms with Gasteiger partial charge >= 0.3 is 0 Å². The Morgan fingerprint density at radius 3 is 2.35 bits per heavy atom. The van der Waals surface area contributed by atoms with Crippen LogP contribution in [0.5, 0.6) is 0 Å². The van der Waals surface area contributed by atoms with Crippen molar-refractivity contribution in [3.63, 3.8) is 0 Å². The third kappa shape index (κ3) is 3.13. The molecule has 6 nitrogen and oxygen atoms in total. The van der Waals surface area contributed by atoms with E-state index in [2.05, 4.69) is 12.3 Å². The van der Waals surface area contributed by atoms with Gasteiger partial charge in [0.2, 0.25) is 5.91 Å². The summed E-state index contributed by atoms with van der Waals surface area (Å²) in [7, 11) is -3.85. The predicted molar refractivity (Wildman–Crippen MR) is 87.0 cm³/mol. The van der Waals surface area contributed by atoms with E-state index in [1.54, 1.807) is 12.1 Å². The van der Waals surface area contributed by atoms with E-state index in [0.717, 1.165) is 25.7 Å². The highest BCUT2D eigenvalue weighted by Gasteiger charge is 2.51. The van der Waals surface area contributed by atoms with Crippen LogP contribution >= 0.6 is 0 Å². The molecule has 0 radical (unpaired) electrons. The number of carbonyl (C=O) groups excluding carboxylic acids is 1. The topological polar surface area (TPSA) is 92.5 Å². The number of hydrogen-bond donors (Lipinski definition) is 2. The molecule has 7 heteroatoms. The molecule has 2 saturated carbocycles. The monoisotopic (exact) mass is 337 g/mol. The minimum absolute atomic E-state index is 0.0289. The van der Waals surface area contributed by atoms with Gasteiger partial charge in [0.1, 0.15) is 0 Å². The Kier molecular flexibility index (Phi) is 3.78. The molecule has 1 aromatic carbocycles. The summed E-state index contributed by atoms with van der Waals surface area (Å²) in [5, 5.41) is 0. The summed E-state index contributed by atoms with van der Waals surface area (Å²) in [6.07, 6.45) is 3.80. The van der Waals surface area contributed by atoms with Gasteiger partial charge in [0.05, 0.1) is 10.5 Å². The molecule has 0 heterocycles. The number of nitrogens with two attached hydrogens (primary N) is 1. The number of carbonyl (C=O) groups is 1. The Morgan fingerprint density at radius 2 is 1.83 bits per heavy atom. The van der Waals surface area contributed by atoms with Crippen molar-refractivity contribution in [1.82, 2.24) is 9.84 Å². The third-order valence-corrected chi connectivity index (χ3v) is 6.85. The molecule has 0 aliphatic heterocycles. The Balaban J connectivity index is 1.96. The van der Waals surface area contributed by atoms with Gasteiger partial charge in [-0.05, 0) is 50.2 Å². The average molecular weight is 337 g/mol. The predicted octanol–water partition coefficient (Wildman–Crippen LogP) is 1.63. The van der Waals surface area contributed by atoms with Crippen molar-refractivity contribution in [2.75, 3.05) is 6.54 Å². The number of primary amides is 1. The van der Waals surface area contributed by atoms with Gasteiger partial charge in [-0.2, -0.15) is 0 Å². The molecule has 0 saturated heterocycles. The second kappa shape index (κ2) is 5.29. The minimum atomic E-state index is -3.85. The van der Waals surface area contributed by atoms with Gasteiger partial charge in [-0.3, -0.25) is 4.79 Å². The molecule has 1 aromatic rings. The summed E-state index contributed by atoms with van der Waals surface area (Å²) < 4.78 is 27.6. The number of nitrogens with zero attached hydrogens (tertiary/aromatic N) is 1. The maximum Gasteiger partial charge on any atom is 0.257 e. The first-order valence-corrected chi connectivity index (χ1v) is 9.30. The first-order chi connectivity index (χ1) is 10.7. The van der Waals surface area contributed by atoms with E-state index >= 15 is 0 Å². The van der Waals surface area contributed by atoms with Gasteiger partial charge < -0.3 is 5.73 Å². The smallest absolute Gasteiger partial charge is 0.257 e. The molecule has 2 aliphatic rings. The van der Waals surface area contributed by atoms with Crippen LogP contribution in [0.4, 0.5) is 0 Å². The Hall–Kier alpha value is -1.44. The van der Waals surface area contributed by atoms with Gasteiger partial charge in [-0.15, -0.1) is 4.41 Å². The molecular weight excluding hydrogens is 314 g/mol. The Labute approximate surface area is 137 Å². The maximum atomic E-state index is 13.1. The molecule has 23 heavy (non-hydrogen) atoms. The molecule has 0 bridgehead atoms. The fraction of sp³-hybridized carbons (Fsp3) is 0.562. The molecule has 126 valence electrons. The number of benzene rings is 1. The molecule has 0 unspecified atom stereocenters. The first-order valence-electron chi connectivity index (χ1n) is 7.86. The number of nitrogens with one attached hydrogen (secondary N) is 1. The summed E-state index contributed by atoms with van der Waals surface area (Å²) >= 11 is 0. The second-order valence-corrected chi connectivity index (χ2v) is 9.03. The zero-order valence-corrected chi connectivity index (χ0v) is 14.3. The number of hydrogen-bond acceptors (Lipinski definition) is 4. The van der Waals surface area contributed by atoms with Gasteiger partial charge in [0.15, 0.2) is 0 Å². The van der Waals surface area contributed by atoms with Crippen molar-refractivity contribution in [3.8, 4) is 0 Å². The number of amides is 1. The van der Waals surface area contributed by atoms with E-state index in [-0.39, 0.29) is 15.9 Å². The van der Waals surface area contributed by atoms with Crippen molar-refractivity contribution >= 4 is 15.9 Å². The number of rotatable bonds is 7. The molecule has 2 fully saturated rings. The van der Waals surface area contributed by atoms with Crippen molar-refractivity contribution < 1.29 is 13.2 Å². The van der Waals surface area contributed by atoms with Crippen LogP contribution in [0.15, 0.2) is 29.2 Å². The summed E-state index contributed by atoms with van der Waals surface area (Å²) in [6, 6.07) is 6.11. The van der Waals surface area contributed by atoms with Crippen molar-refractivity contribution in [3.05, 3.63) is 29.8 Å². The second-order valence-electron chi connectivity index (χ2n) is 7.27. The fourth-order valence-electron chi connectivity index (χ4n) is 2.60. The highest BCUT2D eigenvalue weighted by atomic mass is 32.2. The normalized spacial score (nSPS) is 21.2. The molecular formula is C16H23N3O3S. The largest absolute Gasteiger partial charge is 0.366 e. The van der Waals surface area contributed by atoms with E-state index in [1.165, 1.54) is 16.5 Å². The van der Waals surface area contributed by atoms with Crippen LogP contribution in [-0.2, 0) is 10.0 Å². The van der Waals surface area contributed by atoms with E-state index < -0.39 is 21.5 Å². The van der Waals surface area contributed by atoms with Crippen LogP contribution in [0, 0.1) is 5.41 Å². The lowest BCUT2D eigenvalue weighted by atomic mass is 10.1. The molecule has 0 aromatic heterocycles. The van der Waals surface area contributed by atoms with Crippen molar-refractivity contribution in [1.29, 1.82) is 0 Å². The van der Waals surface area contributed by atoms with Gasteiger partial charge in [0.25, 0.3) is 10.0 Å². The summed E-state index contributed by atoms with van der Waals surface area (Å²) in [5.41, 5.74) is 8.23. The van der Waals surface area contributed by atoms with Gasteiger partial charge in [0, 0.05) is 12.1 Å². The summed E-state index contributed by atoms with van der Waals surface area (Å²) in [6.45, 7) is 4.66. The Bertz CT molecular complexity index is 737. The van der Waals surface area contributed by atoms with E-state index in [9.17, 15) is 13.2 Å². The zero-order valence-electron chi connectivity index (χ0n) is 13.5. The van der Waals surface area contributed by atoms with Crippen LogP contribution in [0.25, 0.3) is 0 Å². The lowest BCUT2D eigenvalue weighted by Gasteiger charge is -2.30. The van der Waals surface area contributed by atoms with Crippen molar-refractivity contribution in [2.24, 2.45) is 11.1 Å².